The van der Waals surface area contributed by atoms with Gasteiger partial charge in [-0.05, 0) is 38.8 Å². The van der Waals surface area contributed by atoms with Crippen LogP contribution in [0.2, 0.25) is 0 Å². The van der Waals surface area contributed by atoms with Crippen molar-refractivity contribution in [2.45, 2.75) is 70.0 Å². The zero-order chi connectivity index (χ0) is 18.9. The number of β-lactam (4-membered cyclic amide) rings is 1. The van der Waals surface area contributed by atoms with Crippen LogP contribution >= 0.6 is 15.9 Å². The largest absolute Gasteiger partial charge is 0.351 e. The van der Waals surface area contributed by atoms with Crippen LogP contribution in [-0.2, 0) is 9.59 Å². The number of benzene rings is 1. The summed E-state index contributed by atoms with van der Waals surface area (Å²) in [6.45, 7) is 3.68. The van der Waals surface area contributed by atoms with Crippen molar-refractivity contribution < 1.29 is 14.4 Å². The number of carbonyl (C=O) groups is 3. The molecule has 2 amide bonds. The van der Waals surface area contributed by atoms with E-state index in [1.54, 1.807) is 24.3 Å². The van der Waals surface area contributed by atoms with Crippen molar-refractivity contribution >= 4 is 33.5 Å². The van der Waals surface area contributed by atoms with Gasteiger partial charge >= 0.3 is 0 Å². The molecule has 2 fully saturated rings. The standard InChI is InChI=1S/C20H25BrN2O3/c1-13(2)23-17(24)12-20(23,18(25)14-8-10-15(21)11-9-14)19(26)22-16-6-4-3-5-7-16/h8-11,13,16H,3-7,12H2,1-2H3,(H,22,26). The molecule has 6 heteroatoms. The molecule has 1 saturated carbocycles. The summed E-state index contributed by atoms with van der Waals surface area (Å²) >= 11 is 3.36. The minimum absolute atomic E-state index is 0.0569. The Balaban J connectivity index is 1.92. The molecule has 0 spiro atoms. The minimum Gasteiger partial charge on any atom is -0.351 e. The Hall–Kier alpha value is -1.69. The molecule has 1 aliphatic carbocycles. The minimum atomic E-state index is -1.42. The number of carbonyl (C=O) groups excluding carboxylic acids is 3. The van der Waals surface area contributed by atoms with Gasteiger partial charge in [0.1, 0.15) is 0 Å². The molecule has 1 N–H and O–H groups in total. The highest BCUT2D eigenvalue weighted by Gasteiger charge is 2.62. The van der Waals surface area contributed by atoms with Crippen LogP contribution in [0.25, 0.3) is 0 Å². The van der Waals surface area contributed by atoms with Crippen LogP contribution in [0, 0.1) is 0 Å². The summed E-state index contributed by atoms with van der Waals surface area (Å²) in [5.41, 5.74) is -0.971. The highest BCUT2D eigenvalue weighted by Crippen LogP contribution is 2.38. The average molecular weight is 421 g/mol. The van der Waals surface area contributed by atoms with Gasteiger partial charge in [0.05, 0.1) is 6.42 Å². The van der Waals surface area contributed by atoms with Gasteiger partial charge in [0.2, 0.25) is 5.91 Å². The lowest BCUT2D eigenvalue weighted by Gasteiger charge is -2.51. The van der Waals surface area contributed by atoms with E-state index in [-0.39, 0.29) is 36.1 Å². The molecule has 0 aromatic heterocycles. The lowest BCUT2D eigenvalue weighted by Crippen LogP contribution is -2.76. The van der Waals surface area contributed by atoms with Crippen molar-refractivity contribution in [3.63, 3.8) is 0 Å². The van der Waals surface area contributed by atoms with Crippen LogP contribution in [0.1, 0.15) is 62.7 Å². The molecule has 1 aromatic rings. The second-order valence-electron chi connectivity index (χ2n) is 7.54. The normalized spacial score (nSPS) is 23.7. The van der Waals surface area contributed by atoms with Gasteiger partial charge in [0.25, 0.3) is 5.91 Å². The Kier molecular flexibility index (Phi) is 5.51. The second-order valence-corrected chi connectivity index (χ2v) is 8.45. The topological polar surface area (TPSA) is 66.5 Å². The number of rotatable bonds is 5. The van der Waals surface area contributed by atoms with E-state index < -0.39 is 5.54 Å². The number of hydrogen-bond donors (Lipinski definition) is 1. The number of amides is 2. The number of halogens is 1. The molecule has 3 rings (SSSR count). The number of Topliss-reactive ketones (excluding diaryl/α,β-unsaturated/α-hetero) is 1. The first-order chi connectivity index (χ1) is 12.4. The molecule has 1 saturated heterocycles. The fourth-order valence-corrected chi connectivity index (χ4v) is 4.38. The molecule has 140 valence electrons. The molecule has 1 heterocycles. The zero-order valence-electron chi connectivity index (χ0n) is 15.3. The van der Waals surface area contributed by atoms with Crippen LogP contribution < -0.4 is 5.32 Å². The Labute approximate surface area is 162 Å². The van der Waals surface area contributed by atoms with Gasteiger partial charge in [0.15, 0.2) is 11.3 Å². The zero-order valence-corrected chi connectivity index (χ0v) is 16.8. The fourth-order valence-electron chi connectivity index (χ4n) is 4.11. The molecule has 2 aliphatic rings. The molecule has 1 aromatic carbocycles. The molecular formula is C20H25BrN2O3. The smallest absolute Gasteiger partial charge is 0.254 e. The van der Waals surface area contributed by atoms with E-state index in [1.165, 1.54) is 11.3 Å². The molecule has 5 nitrogen and oxygen atoms in total. The van der Waals surface area contributed by atoms with Gasteiger partial charge in [-0.1, -0.05) is 47.3 Å². The van der Waals surface area contributed by atoms with Crippen molar-refractivity contribution in [1.29, 1.82) is 0 Å². The summed E-state index contributed by atoms with van der Waals surface area (Å²) in [7, 11) is 0. The maximum atomic E-state index is 13.3. The van der Waals surface area contributed by atoms with Crippen molar-refractivity contribution in [1.82, 2.24) is 10.2 Å². The predicted molar refractivity (Wildman–Crippen MR) is 103 cm³/mol. The average Bonchev–Trinajstić information content (AvgIpc) is 2.59. The number of likely N-dealkylation sites (tertiary alicyclic amines) is 1. The first-order valence-electron chi connectivity index (χ1n) is 9.30. The predicted octanol–water partition coefficient (Wildman–Crippen LogP) is 3.46. The van der Waals surface area contributed by atoms with E-state index in [9.17, 15) is 14.4 Å². The number of nitrogens with one attached hydrogen (secondary N) is 1. The van der Waals surface area contributed by atoms with Gasteiger partial charge in [0, 0.05) is 22.1 Å². The van der Waals surface area contributed by atoms with Crippen LogP contribution in [0.5, 0.6) is 0 Å². The van der Waals surface area contributed by atoms with Crippen molar-refractivity contribution in [2.75, 3.05) is 0 Å². The lowest BCUT2D eigenvalue weighted by molar-refractivity contribution is -0.164. The third-order valence-corrected chi connectivity index (χ3v) is 5.93. The van der Waals surface area contributed by atoms with Crippen LogP contribution in [-0.4, -0.2) is 40.1 Å². The second kappa shape index (κ2) is 7.51. The van der Waals surface area contributed by atoms with Crippen molar-refractivity contribution in [2.24, 2.45) is 0 Å². The maximum Gasteiger partial charge on any atom is 0.254 e. The number of nitrogens with zero attached hydrogens (tertiary/aromatic N) is 1. The van der Waals surface area contributed by atoms with E-state index in [0.29, 0.717) is 5.56 Å². The third kappa shape index (κ3) is 3.31. The Morgan fingerprint density at radius 1 is 1.15 bits per heavy atom. The third-order valence-electron chi connectivity index (χ3n) is 5.40. The van der Waals surface area contributed by atoms with Gasteiger partial charge in [-0.15, -0.1) is 0 Å². The molecule has 26 heavy (non-hydrogen) atoms. The number of hydrogen-bond acceptors (Lipinski definition) is 3. The van der Waals surface area contributed by atoms with Gasteiger partial charge < -0.3 is 10.2 Å². The SMILES string of the molecule is CC(C)N1C(=O)CC1(C(=O)NC1CCCCC1)C(=O)c1ccc(Br)cc1. The fraction of sp³-hybridized carbons (Fsp3) is 0.550. The molecule has 0 radical (unpaired) electrons. The summed E-state index contributed by atoms with van der Waals surface area (Å²) in [5, 5.41) is 3.07. The highest BCUT2D eigenvalue weighted by molar-refractivity contribution is 9.10. The lowest BCUT2D eigenvalue weighted by atomic mass is 9.75. The van der Waals surface area contributed by atoms with E-state index in [4.69, 9.17) is 0 Å². The summed E-state index contributed by atoms with van der Waals surface area (Å²) in [5.74, 6) is -0.776. The summed E-state index contributed by atoms with van der Waals surface area (Å²) in [6, 6.07) is 6.83. The van der Waals surface area contributed by atoms with Crippen molar-refractivity contribution in [3.05, 3.63) is 34.3 Å². The molecule has 0 bridgehead atoms. The monoisotopic (exact) mass is 420 g/mol. The highest BCUT2D eigenvalue weighted by atomic mass is 79.9. The van der Waals surface area contributed by atoms with Crippen LogP contribution in [0.4, 0.5) is 0 Å². The molecule has 1 aliphatic heterocycles. The Morgan fingerprint density at radius 3 is 2.31 bits per heavy atom. The van der Waals surface area contributed by atoms with Crippen LogP contribution in [0.3, 0.4) is 0 Å². The van der Waals surface area contributed by atoms with E-state index in [1.807, 2.05) is 13.8 Å². The van der Waals surface area contributed by atoms with E-state index >= 15 is 0 Å². The number of ketones is 1. The first kappa shape index (κ1) is 19.1. The van der Waals surface area contributed by atoms with E-state index in [0.717, 1.165) is 30.2 Å². The quantitative estimate of drug-likeness (QED) is 0.450. The first-order valence-corrected chi connectivity index (χ1v) is 10.1. The van der Waals surface area contributed by atoms with Crippen LogP contribution in [0.15, 0.2) is 28.7 Å². The van der Waals surface area contributed by atoms with Gasteiger partial charge in [-0.3, -0.25) is 14.4 Å². The van der Waals surface area contributed by atoms with Gasteiger partial charge in [-0.2, -0.15) is 0 Å². The molecule has 1 unspecified atom stereocenters. The Morgan fingerprint density at radius 2 is 1.77 bits per heavy atom. The Bertz CT molecular complexity index is 710. The summed E-state index contributed by atoms with van der Waals surface area (Å²) < 4.78 is 0.861. The molecular weight excluding hydrogens is 396 g/mol. The van der Waals surface area contributed by atoms with Crippen molar-refractivity contribution in [3.8, 4) is 0 Å². The molecule has 1 atom stereocenters. The van der Waals surface area contributed by atoms with Gasteiger partial charge in [-0.25, -0.2) is 0 Å². The maximum absolute atomic E-state index is 13.3. The van der Waals surface area contributed by atoms with E-state index in [2.05, 4.69) is 21.2 Å². The summed E-state index contributed by atoms with van der Waals surface area (Å²) in [6.07, 6.45) is 5.18. The summed E-state index contributed by atoms with van der Waals surface area (Å²) in [4.78, 5) is 40.3.